The summed E-state index contributed by atoms with van der Waals surface area (Å²) in [6.45, 7) is 5.90. The molecule has 1 aliphatic rings. The Hall–Kier alpha value is -0.810. The molecule has 5 heteroatoms. The van der Waals surface area contributed by atoms with Crippen LogP contribution in [0.2, 0.25) is 0 Å². The second-order valence-corrected chi connectivity index (χ2v) is 4.92. The maximum absolute atomic E-state index is 11.7. The Balaban J connectivity index is 2.53. The number of aliphatic hydroxyl groups is 1. The lowest BCUT2D eigenvalue weighted by Crippen LogP contribution is -2.53. The Morgan fingerprint density at radius 2 is 2.13 bits per heavy atom. The molecule has 5 nitrogen and oxygen atoms in total. The monoisotopic (exact) mass is 216 g/mol. The van der Waals surface area contributed by atoms with Crippen LogP contribution in [0.4, 0.5) is 4.79 Å². The van der Waals surface area contributed by atoms with Crippen LogP contribution in [-0.4, -0.2) is 40.5 Å². The minimum absolute atomic E-state index is 0.401. The van der Waals surface area contributed by atoms with E-state index >= 15 is 0 Å². The fourth-order valence-corrected chi connectivity index (χ4v) is 1.53. The highest BCUT2D eigenvalue weighted by atomic mass is 16.6. The summed E-state index contributed by atoms with van der Waals surface area (Å²) in [6, 6.07) is 0. The third-order valence-corrected chi connectivity index (χ3v) is 2.25. The van der Waals surface area contributed by atoms with E-state index in [9.17, 15) is 9.90 Å². The number of piperidine rings is 1. The maximum Gasteiger partial charge on any atom is 0.411 e. The number of nitrogens with zero attached hydrogens (tertiary/aromatic N) is 1. The summed E-state index contributed by atoms with van der Waals surface area (Å²) >= 11 is 0. The maximum atomic E-state index is 11.7. The Morgan fingerprint density at radius 3 is 2.60 bits per heavy atom. The fourth-order valence-electron chi connectivity index (χ4n) is 1.53. The number of rotatable bonds is 0. The van der Waals surface area contributed by atoms with E-state index in [4.69, 9.17) is 10.5 Å². The second-order valence-electron chi connectivity index (χ2n) is 4.92. The molecule has 15 heavy (non-hydrogen) atoms. The molecule has 0 aliphatic carbocycles. The van der Waals surface area contributed by atoms with Gasteiger partial charge in [0.2, 0.25) is 0 Å². The summed E-state index contributed by atoms with van der Waals surface area (Å²) in [4.78, 5) is 13.1. The summed E-state index contributed by atoms with van der Waals surface area (Å²) < 4.78 is 5.21. The van der Waals surface area contributed by atoms with Crippen LogP contribution in [0.25, 0.3) is 0 Å². The zero-order valence-electron chi connectivity index (χ0n) is 9.56. The van der Waals surface area contributed by atoms with E-state index in [-0.39, 0.29) is 0 Å². The lowest BCUT2D eigenvalue weighted by Gasteiger charge is -2.36. The first-order valence-corrected chi connectivity index (χ1v) is 5.23. The summed E-state index contributed by atoms with van der Waals surface area (Å²) in [5.74, 6) is 0. The summed E-state index contributed by atoms with van der Waals surface area (Å²) in [7, 11) is 0. The van der Waals surface area contributed by atoms with Gasteiger partial charge >= 0.3 is 6.09 Å². The average molecular weight is 216 g/mol. The van der Waals surface area contributed by atoms with Gasteiger partial charge in [-0.3, -0.25) is 4.90 Å². The highest BCUT2D eigenvalue weighted by molar-refractivity contribution is 5.68. The average Bonchev–Trinajstić information content (AvgIpc) is 1.99. The smallest absolute Gasteiger partial charge is 0.411 e. The van der Waals surface area contributed by atoms with E-state index in [1.165, 1.54) is 4.90 Å². The Morgan fingerprint density at radius 1 is 1.53 bits per heavy atom. The van der Waals surface area contributed by atoms with E-state index in [2.05, 4.69) is 0 Å². The van der Waals surface area contributed by atoms with Crippen LogP contribution in [0.1, 0.15) is 33.6 Å². The summed E-state index contributed by atoms with van der Waals surface area (Å²) in [5.41, 5.74) is 5.25. The van der Waals surface area contributed by atoms with Gasteiger partial charge in [0.15, 0.2) is 0 Å². The van der Waals surface area contributed by atoms with Crippen LogP contribution in [0.15, 0.2) is 0 Å². The third-order valence-electron chi connectivity index (χ3n) is 2.25. The van der Waals surface area contributed by atoms with Crippen molar-refractivity contribution in [1.82, 2.24) is 4.90 Å². The molecule has 1 aliphatic heterocycles. The second kappa shape index (κ2) is 4.37. The summed E-state index contributed by atoms with van der Waals surface area (Å²) in [6.07, 6.45) is -0.268. The minimum Gasteiger partial charge on any atom is -0.444 e. The number of aliphatic hydroxyl groups excluding tert-OH is 1. The van der Waals surface area contributed by atoms with Crippen molar-refractivity contribution in [3.8, 4) is 0 Å². The number of carbonyl (C=O) groups is 1. The molecule has 0 aromatic rings. The Labute approximate surface area is 90.2 Å². The van der Waals surface area contributed by atoms with Crippen LogP contribution in [0, 0.1) is 0 Å². The lowest BCUT2D eigenvalue weighted by molar-refractivity contribution is -0.00662. The zero-order chi connectivity index (χ0) is 11.6. The van der Waals surface area contributed by atoms with Crippen molar-refractivity contribution in [3.63, 3.8) is 0 Å². The number of nitrogens with two attached hydrogens (primary N) is 1. The van der Waals surface area contributed by atoms with Crippen molar-refractivity contribution in [2.45, 2.75) is 51.5 Å². The van der Waals surface area contributed by atoms with E-state index in [1.807, 2.05) is 20.8 Å². The number of amides is 1. The SMILES string of the molecule is CC(C)(C)OC(=O)N1CC[C@H](O)C[C@H]1N. The van der Waals surface area contributed by atoms with Crippen molar-refractivity contribution in [2.24, 2.45) is 5.73 Å². The number of likely N-dealkylation sites (tertiary alicyclic amines) is 1. The van der Waals surface area contributed by atoms with Crippen molar-refractivity contribution in [1.29, 1.82) is 0 Å². The first-order chi connectivity index (χ1) is 6.79. The predicted molar refractivity (Wildman–Crippen MR) is 56.2 cm³/mol. The minimum atomic E-state index is -0.507. The van der Waals surface area contributed by atoms with Crippen molar-refractivity contribution >= 4 is 6.09 Å². The molecular formula is C10H20N2O3. The number of ether oxygens (including phenoxy) is 1. The van der Waals surface area contributed by atoms with Gasteiger partial charge in [-0.05, 0) is 27.2 Å². The third kappa shape index (κ3) is 3.68. The van der Waals surface area contributed by atoms with Gasteiger partial charge in [-0.1, -0.05) is 0 Å². The largest absolute Gasteiger partial charge is 0.444 e. The molecule has 0 spiro atoms. The topological polar surface area (TPSA) is 75.8 Å². The van der Waals surface area contributed by atoms with E-state index in [1.54, 1.807) is 0 Å². The highest BCUT2D eigenvalue weighted by Gasteiger charge is 2.31. The van der Waals surface area contributed by atoms with Crippen LogP contribution in [0.5, 0.6) is 0 Å². The van der Waals surface area contributed by atoms with Gasteiger partial charge in [-0.15, -0.1) is 0 Å². The lowest BCUT2D eigenvalue weighted by atomic mass is 10.1. The molecule has 0 saturated carbocycles. The van der Waals surface area contributed by atoms with Crippen LogP contribution in [0.3, 0.4) is 0 Å². The molecule has 0 aromatic heterocycles. The van der Waals surface area contributed by atoms with Gasteiger partial charge in [0, 0.05) is 13.0 Å². The van der Waals surface area contributed by atoms with Gasteiger partial charge < -0.3 is 15.6 Å². The first-order valence-electron chi connectivity index (χ1n) is 5.23. The standard InChI is InChI=1S/C10H20N2O3/c1-10(2,3)15-9(14)12-5-4-7(13)6-8(12)11/h7-8,13H,4-6,11H2,1-3H3/t7-,8-/m0/s1. The van der Waals surface area contributed by atoms with E-state index in [0.29, 0.717) is 19.4 Å². The zero-order valence-corrected chi connectivity index (χ0v) is 9.56. The molecule has 88 valence electrons. The number of carbonyl (C=O) groups excluding carboxylic acids is 1. The predicted octanol–water partition coefficient (Wildman–Crippen LogP) is 0.663. The normalized spacial score (nSPS) is 27.7. The van der Waals surface area contributed by atoms with E-state index < -0.39 is 24.0 Å². The number of hydrogen-bond donors (Lipinski definition) is 2. The molecule has 0 unspecified atom stereocenters. The molecule has 0 bridgehead atoms. The highest BCUT2D eigenvalue weighted by Crippen LogP contribution is 2.17. The molecule has 1 rings (SSSR count). The van der Waals surface area contributed by atoms with Crippen molar-refractivity contribution < 1.29 is 14.6 Å². The molecule has 1 heterocycles. The van der Waals surface area contributed by atoms with Gasteiger partial charge in [-0.2, -0.15) is 0 Å². The van der Waals surface area contributed by atoms with Crippen molar-refractivity contribution in [3.05, 3.63) is 0 Å². The molecule has 0 aromatic carbocycles. The molecule has 2 atom stereocenters. The molecule has 1 amide bonds. The summed E-state index contributed by atoms with van der Waals surface area (Å²) in [5, 5.41) is 9.35. The van der Waals surface area contributed by atoms with Gasteiger partial charge in [0.05, 0.1) is 12.3 Å². The molecule has 3 N–H and O–H groups in total. The molecular weight excluding hydrogens is 196 g/mol. The molecule has 1 fully saturated rings. The first kappa shape index (κ1) is 12.3. The molecule has 1 saturated heterocycles. The van der Waals surface area contributed by atoms with Crippen LogP contribution in [-0.2, 0) is 4.74 Å². The number of hydrogen-bond acceptors (Lipinski definition) is 4. The Kier molecular flexibility index (Phi) is 3.57. The quantitative estimate of drug-likeness (QED) is 0.624. The fraction of sp³-hybridized carbons (Fsp3) is 0.900. The van der Waals surface area contributed by atoms with Gasteiger partial charge in [0.1, 0.15) is 5.60 Å². The van der Waals surface area contributed by atoms with E-state index in [0.717, 1.165) is 0 Å². The van der Waals surface area contributed by atoms with Gasteiger partial charge in [-0.25, -0.2) is 4.79 Å². The van der Waals surface area contributed by atoms with Crippen LogP contribution < -0.4 is 5.73 Å². The molecule has 0 radical (unpaired) electrons. The van der Waals surface area contributed by atoms with Gasteiger partial charge in [0.25, 0.3) is 0 Å². The Bertz CT molecular complexity index is 237. The van der Waals surface area contributed by atoms with Crippen molar-refractivity contribution in [2.75, 3.05) is 6.54 Å². The van der Waals surface area contributed by atoms with Crippen LogP contribution >= 0.6 is 0 Å².